The van der Waals surface area contributed by atoms with Crippen molar-refractivity contribution in [2.24, 2.45) is 10.8 Å². The molecule has 0 spiro atoms. The fourth-order valence-corrected chi connectivity index (χ4v) is 1.78. The SMILES string of the molecule is COCCCN=C(NN)NC(C)Cc1ccccc1. The van der Waals surface area contributed by atoms with E-state index in [9.17, 15) is 0 Å². The molecule has 5 nitrogen and oxygen atoms in total. The van der Waals surface area contributed by atoms with Crippen molar-refractivity contribution in [2.75, 3.05) is 20.3 Å². The van der Waals surface area contributed by atoms with Crippen molar-refractivity contribution in [1.29, 1.82) is 0 Å². The number of rotatable bonds is 7. The van der Waals surface area contributed by atoms with E-state index in [-0.39, 0.29) is 6.04 Å². The molecule has 0 radical (unpaired) electrons. The second kappa shape index (κ2) is 9.35. The van der Waals surface area contributed by atoms with Gasteiger partial charge < -0.3 is 10.1 Å². The molecule has 1 aromatic carbocycles. The Kier molecular flexibility index (Phi) is 7.62. The molecule has 0 heterocycles. The highest BCUT2D eigenvalue weighted by molar-refractivity contribution is 5.79. The van der Waals surface area contributed by atoms with E-state index in [1.165, 1.54) is 5.56 Å². The van der Waals surface area contributed by atoms with Crippen molar-refractivity contribution in [3.63, 3.8) is 0 Å². The van der Waals surface area contributed by atoms with Gasteiger partial charge in [0.15, 0.2) is 0 Å². The zero-order valence-electron chi connectivity index (χ0n) is 11.7. The fourth-order valence-electron chi connectivity index (χ4n) is 1.78. The van der Waals surface area contributed by atoms with Gasteiger partial charge in [0.2, 0.25) is 5.96 Å². The van der Waals surface area contributed by atoms with E-state index in [1.54, 1.807) is 7.11 Å². The van der Waals surface area contributed by atoms with Crippen molar-refractivity contribution >= 4 is 5.96 Å². The first kappa shape index (κ1) is 15.5. The Morgan fingerprint density at radius 3 is 2.74 bits per heavy atom. The van der Waals surface area contributed by atoms with Crippen LogP contribution in [0.5, 0.6) is 0 Å². The van der Waals surface area contributed by atoms with Crippen LogP contribution in [0.15, 0.2) is 35.3 Å². The Hall–Kier alpha value is -1.59. The summed E-state index contributed by atoms with van der Waals surface area (Å²) in [6, 6.07) is 10.6. The van der Waals surface area contributed by atoms with E-state index in [1.807, 2.05) is 18.2 Å². The fraction of sp³-hybridized carbons (Fsp3) is 0.500. The highest BCUT2D eigenvalue weighted by Crippen LogP contribution is 2.02. The van der Waals surface area contributed by atoms with Gasteiger partial charge in [0.1, 0.15) is 0 Å². The van der Waals surface area contributed by atoms with Gasteiger partial charge in [-0.2, -0.15) is 0 Å². The van der Waals surface area contributed by atoms with Gasteiger partial charge >= 0.3 is 0 Å². The highest BCUT2D eigenvalue weighted by Gasteiger charge is 2.05. The maximum atomic E-state index is 5.45. The molecule has 1 rings (SSSR count). The van der Waals surface area contributed by atoms with Crippen LogP contribution < -0.4 is 16.6 Å². The molecule has 1 aromatic rings. The molecular weight excluding hydrogens is 240 g/mol. The first-order chi connectivity index (χ1) is 9.26. The Bertz CT molecular complexity index is 367. The van der Waals surface area contributed by atoms with Crippen LogP contribution in [0, 0.1) is 0 Å². The summed E-state index contributed by atoms with van der Waals surface area (Å²) in [6.45, 7) is 3.51. The average Bonchev–Trinajstić information content (AvgIpc) is 2.43. The predicted molar refractivity (Wildman–Crippen MR) is 78.9 cm³/mol. The molecule has 0 saturated carbocycles. The summed E-state index contributed by atoms with van der Waals surface area (Å²) in [5, 5.41) is 3.27. The third-order valence-corrected chi connectivity index (χ3v) is 2.68. The number of methoxy groups -OCH3 is 1. The largest absolute Gasteiger partial charge is 0.385 e. The predicted octanol–water partition coefficient (Wildman–Crippen LogP) is 1.06. The second-order valence-electron chi connectivity index (χ2n) is 4.46. The van der Waals surface area contributed by atoms with Gasteiger partial charge in [-0.05, 0) is 25.3 Å². The molecule has 1 atom stereocenters. The third kappa shape index (κ3) is 6.79. The van der Waals surface area contributed by atoms with Crippen molar-refractivity contribution in [1.82, 2.24) is 10.7 Å². The highest BCUT2D eigenvalue weighted by atomic mass is 16.5. The van der Waals surface area contributed by atoms with Crippen LogP contribution in [-0.2, 0) is 11.2 Å². The van der Waals surface area contributed by atoms with Crippen LogP contribution in [0.25, 0.3) is 0 Å². The second-order valence-corrected chi connectivity index (χ2v) is 4.46. The molecule has 5 heteroatoms. The van der Waals surface area contributed by atoms with Crippen LogP contribution >= 0.6 is 0 Å². The minimum absolute atomic E-state index is 0.264. The third-order valence-electron chi connectivity index (χ3n) is 2.68. The van der Waals surface area contributed by atoms with Crippen molar-refractivity contribution in [3.8, 4) is 0 Å². The van der Waals surface area contributed by atoms with E-state index in [0.717, 1.165) is 12.8 Å². The standard InChI is InChI=1S/C14H24N4O/c1-12(11-13-7-4-3-5-8-13)17-14(18-15)16-9-6-10-19-2/h3-5,7-8,12H,6,9-11,15H2,1-2H3,(H2,16,17,18). The number of nitrogens with zero attached hydrogens (tertiary/aromatic N) is 1. The molecule has 0 aromatic heterocycles. The first-order valence-electron chi connectivity index (χ1n) is 6.56. The zero-order valence-corrected chi connectivity index (χ0v) is 11.7. The lowest BCUT2D eigenvalue weighted by molar-refractivity contribution is 0.197. The average molecular weight is 264 g/mol. The summed E-state index contributed by atoms with van der Waals surface area (Å²) in [4.78, 5) is 4.35. The van der Waals surface area contributed by atoms with Gasteiger partial charge in [0.05, 0.1) is 0 Å². The number of hydrogen-bond donors (Lipinski definition) is 3. The number of hydrazine groups is 1. The van der Waals surface area contributed by atoms with Crippen molar-refractivity contribution in [3.05, 3.63) is 35.9 Å². The topological polar surface area (TPSA) is 71.7 Å². The molecule has 0 amide bonds. The Labute approximate surface area is 115 Å². The van der Waals surface area contributed by atoms with Gasteiger partial charge in [-0.25, -0.2) is 5.84 Å². The molecule has 0 fully saturated rings. The molecule has 106 valence electrons. The molecule has 0 aliphatic rings. The maximum Gasteiger partial charge on any atom is 0.205 e. The normalized spacial score (nSPS) is 13.1. The summed E-state index contributed by atoms with van der Waals surface area (Å²) in [5.41, 5.74) is 3.88. The molecule has 0 aliphatic heterocycles. The van der Waals surface area contributed by atoms with Gasteiger partial charge in [0.25, 0.3) is 0 Å². The van der Waals surface area contributed by atoms with Gasteiger partial charge in [-0.1, -0.05) is 30.3 Å². The molecular formula is C14H24N4O. The maximum absolute atomic E-state index is 5.45. The van der Waals surface area contributed by atoms with E-state index in [2.05, 4.69) is 34.8 Å². The monoisotopic (exact) mass is 264 g/mol. The smallest absolute Gasteiger partial charge is 0.205 e. The Morgan fingerprint density at radius 1 is 1.37 bits per heavy atom. The summed E-state index contributed by atoms with van der Waals surface area (Å²) in [7, 11) is 1.69. The van der Waals surface area contributed by atoms with E-state index >= 15 is 0 Å². The lowest BCUT2D eigenvalue weighted by Crippen LogP contribution is -2.46. The minimum atomic E-state index is 0.264. The van der Waals surface area contributed by atoms with Gasteiger partial charge in [0, 0.05) is 26.3 Å². The molecule has 0 bridgehead atoms. The number of benzene rings is 1. The number of nitrogens with one attached hydrogen (secondary N) is 2. The van der Waals surface area contributed by atoms with Crippen LogP contribution in [0.1, 0.15) is 18.9 Å². The summed E-state index contributed by atoms with van der Waals surface area (Å²) >= 11 is 0. The number of aliphatic imine (C=N–C) groups is 1. The molecule has 1 unspecified atom stereocenters. The number of guanidine groups is 1. The van der Waals surface area contributed by atoms with Crippen molar-refractivity contribution < 1.29 is 4.74 Å². The lowest BCUT2D eigenvalue weighted by atomic mass is 10.1. The minimum Gasteiger partial charge on any atom is -0.385 e. The zero-order chi connectivity index (χ0) is 13.9. The number of ether oxygens (including phenoxy) is 1. The molecule has 0 aliphatic carbocycles. The van der Waals surface area contributed by atoms with Crippen LogP contribution in [0.4, 0.5) is 0 Å². The summed E-state index contributed by atoms with van der Waals surface area (Å²) in [5.74, 6) is 6.08. The van der Waals surface area contributed by atoms with E-state index in [0.29, 0.717) is 19.1 Å². The Morgan fingerprint density at radius 2 is 2.11 bits per heavy atom. The first-order valence-corrected chi connectivity index (χ1v) is 6.56. The van der Waals surface area contributed by atoms with Gasteiger partial charge in [-0.15, -0.1) is 0 Å². The van der Waals surface area contributed by atoms with Crippen LogP contribution in [-0.4, -0.2) is 32.3 Å². The number of hydrogen-bond acceptors (Lipinski definition) is 3. The van der Waals surface area contributed by atoms with Crippen LogP contribution in [0.3, 0.4) is 0 Å². The van der Waals surface area contributed by atoms with Crippen molar-refractivity contribution in [2.45, 2.75) is 25.8 Å². The quantitative estimate of drug-likeness (QED) is 0.226. The molecule has 19 heavy (non-hydrogen) atoms. The van der Waals surface area contributed by atoms with Crippen LogP contribution in [0.2, 0.25) is 0 Å². The van der Waals surface area contributed by atoms with E-state index < -0.39 is 0 Å². The number of nitrogens with two attached hydrogens (primary N) is 1. The lowest BCUT2D eigenvalue weighted by Gasteiger charge is -2.16. The summed E-state index contributed by atoms with van der Waals surface area (Å²) in [6.07, 6.45) is 1.82. The molecule has 0 saturated heterocycles. The van der Waals surface area contributed by atoms with E-state index in [4.69, 9.17) is 10.6 Å². The summed E-state index contributed by atoms with van der Waals surface area (Å²) < 4.78 is 4.98. The Balaban J connectivity index is 2.38. The van der Waals surface area contributed by atoms with Gasteiger partial charge in [-0.3, -0.25) is 10.4 Å². The molecule has 4 N–H and O–H groups in total.